The predicted molar refractivity (Wildman–Crippen MR) is 123 cm³/mol. The summed E-state index contributed by atoms with van der Waals surface area (Å²) in [4.78, 5) is 35.1. The van der Waals surface area contributed by atoms with Gasteiger partial charge in [0, 0.05) is 26.9 Å². The SMILES string of the molecule is CCOC(=O)[C@@H]1C(=O)N(CCOC)c2nc3ccccc3n2[C@H]1c1ccc(N(C)C)cc1. The summed E-state index contributed by atoms with van der Waals surface area (Å²) in [5.74, 6) is -1.38. The minimum atomic E-state index is -1.03. The molecule has 2 aromatic carbocycles. The highest BCUT2D eigenvalue weighted by Gasteiger charge is 2.47. The van der Waals surface area contributed by atoms with Gasteiger partial charge >= 0.3 is 5.97 Å². The van der Waals surface area contributed by atoms with Gasteiger partial charge in [0.25, 0.3) is 0 Å². The van der Waals surface area contributed by atoms with E-state index >= 15 is 0 Å². The summed E-state index contributed by atoms with van der Waals surface area (Å²) in [7, 11) is 5.51. The average Bonchev–Trinajstić information content (AvgIpc) is 3.17. The highest BCUT2D eigenvalue weighted by Crippen LogP contribution is 2.41. The molecule has 1 aromatic heterocycles. The number of rotatable bonds is 7. The molecule has 0 spiro atoms. The Morgan fingerprint density at radius 3 is 2.50 bits per heavy atom. The Morgan fingerprint density at radius 1 is 1.12 bits per heavy atom. The number of anilines is 2. The summed E-state index contributed by atoms with van der Waals surface area (Å²) in [5.41, 5.74) is 3.49. The number of carbonyl (C=O) groups excluding carboxylic acids is 2. The first-order valence-corrected chi connectivity index (χ1v) is 10.7. The van der Waals surface area contributed by atoms with Crippen LogP contribution in [0.1, 0.15) is 18.5 Å². The van der Waals surface area contributed by atoms with E-state index in [0.717, 1.165) is 22.3 Å². The minimum absolute atomic E-state index is 0.199. The molecule has 32 heavy (non-hydrogen) atoms. The van der Waals surface area contributed by atoms with Crippen LogP contribution < -0.4 is 9.80 Å². The fourth-order valence-electron chi connectivity index (χ4n) is 4.21. The van der Waals surface area contributed by atoms with Crippen LogP contribution in [-0.2, 0) is 19.1 Å². The van der Waals surface area contributed by atoms with Gasteiger partial charge in [0.05, 0.1) is 36.8 Å². The number of amides is 1. The smallest absolute Gasteiger partial charge is 0.321 e. The Kier molecular flexibility index (Phi) is 6.14. The first-order valence-electron chi connectivity index (χ1n) is 10.7. The Labute approximate surface area is 187 Å². The van der Waals surface area contributed by atoms with Gasteiger partial charge in [-0.1, -0.05) is 24.3 Å². The van der Waals surface area contributed by atoms with E-state index in [4.69, 9.17) is 14.5 Å². The van der Waals surface area contributed by atoms with Gasteiger partial charge in [-0.25, -0.2) is 4.98 Å². The van der Waals surface area contributed by atoms with Crippen LogP contribution in [0.2, 0.25) is 0 Å². The number of carbonyl (C=O) groups is 2. The topological polar surface area (TPSA) is 76.9 Å². The van der Waals surface area contributed by atoms with Crippen LogP contribution in [-0.4, -0.2) is 62.4 Å². The number of nitrogens with zero attached hydrogens (tertiary/aromatic N) is 4. The molecule has 4 rings (SSSR count). The van der Waals surface area contributed by atoms with Crippen molar-refractivity contribution >= 4 is 34.5 Å². The quantitative estimate of drug-likeness (QED) is 0.419. The van der Waals surface area contributed by atoms with E-state index in [1.54, 1.807) is 14.0 Å². The number of hydrogen-bond acceptors (Lipinski definition) is 6. The molecule has 0 unspecified atom stereocenters. The van der Waals surface area contributed by atoms with Crippen LogP contribution in [0.5, 0.6) is 0 Å². The van der Waals surface area contributed by atoms with Crippen molar-refractivity contribution in [1.29, 1.82) is 0 Å². The van der Waals surface area contributed by atoms with Crippen molar-refractivity contribution in [2.45, 2.75) is 13.0 Å². The molecule has 1 amide bonds. The van der Waals surface area contributed by atoms with E-state index in [2.05, 4.69) is 0 Å². The van der Waals surface area contributed by atoms with Gasteiger partial charge in [0.15, 0.2) is 5.92 Å². The fourth-order valence-corrected chi connectivity index (χ4v) is 4.21. The lowest BCUT2D eigenvalue weighted by molar-refractivity contribution is -0.153. The van der Waals surface area contributed by atoms with Gasteiger partial charge in [-0.15, -0.1) is 0 Å². The van der Waals surface area contributed by atoms with Crippen LogP contribution in [0, 0.1) is 5.92 Å². The van der Waals surface area contributed by atoms with Crippen molar-refractivity contribution in [1.82, 2.24) is 9.55 Å². The summed E-state index contributed by atoms with van der Waals surface area (Å²) in [5, 5.41) is 0. The molecular formula is C24H28N4O4. The molecule has 0 saturated carbocycles. The lowest BCUT2D eigenvalue weighted by Gasteiger charge is -2.38. The molecule has 1 aliphatic rings. The molecule has 0 aliphatic carbocycles. The van der Waals surface area contributed by atoms with Crippen molar-refractivity contribution in [3.05, 3.63) is 54.1 Å². The second-order valence-corrected chi connectivity index (χ2v) is 7.91. The van der Waals surface area contributed by atoms with E-state index in [1.165, 1.54) is 4.90 Å². The summed E-state index contributed by atoms with van der Waals surface area (Å²) in [6.07, 6.45) is 0. The summed E-state index contributed by atoms with van der Waals surface area (Å²) in [6, 6.07) is 15.0. The Bertz CT molecular complexity index is 1120. The normalized spacial score (nSPS) is 18.0. The van der Waals surface area contributed by atoms with Gasteiger partial charge in [-0.05, 0) is 36.8 Å². The zero-order chi connectivity index (χ0) is 22.8. The van der Waals surface area contributed by atoms with E-state index in [9.17, 15) is 9.59 Å². The molecule has 0 saturated heterocycles. The summed E-state index contributed by atoms with van der Waals surface area (Å²) < 4.78 is 12.6. The van der Waals surface area contributed by atoms with Gasteiger partial charge < -0.3 is 18.9 Å². The standard InChI is InChI=1S/C24H28N4O4/c1-5-32-23(30)20-21(16-10-12-17(13-11-16)26(2)3)28-19-9-7-6-8-18(19)25-24(28)27(22(20)29)14-15-31-4/h6-13,20-21H,5,14-15H2,1-4H3/t20-,21-/m0/s1. The van der Waals surface area contributed by atoms with Gasteiger partial charge in [-0.3, -0.25) is 14.5 Å². The van der Waals surface area contributed by atoms with Crippen LogP contribution in [0.25, 0.3) is 11.0 Å². The van der Waals surface area contributed by atoms with Crippen LogP contribution in [0.15, 0.2) is 48.5 Å². The van der Waals surface area contributed by atoms with Crippen molar-refractivity contribution in [2.24, 2.45) is 5.92 Å². The largest absolute Gasteiger partial charge is 0.465 e. The molecule has 8 heteroatoms. The molecule has 0 radical (unpaired) electrons. The van der Waals surface area contributed by atoms with Gasteiger partial charge in [0.2, 0.25) is 11.9 Å². The summed E-state index contributed by atoms with van der Waals surface area (Å²) in [6.45, 7) is 2.56. The molecule has 0 bridgehead atoms. The number of fused-ring (bicyclic) bond motifs is 3. The van der Waals surface area contributed by atoms with E-state index in [-0.39, 0.29) is 12.5 Å². The number of hydrogen-bond donors (Lipinski definition) is 0. The molecule has 8 nitrogen and oxygen atoms in total. The molecule has 0 fully saturated rings. The number of esters is 1. The fraction of sp³-hybridized carbons (Fsp3) is 0.375. The van der Waals surface area contributed by atoms with Crippen LogP contribution in [0.4, 0.5) is 11.6 Å². The molecule has 168 valence electrons. The maximum Gasteiger partial charge on any atom is 0.321 e. The van der Waals surface area contributed by atoms with Crippen molar-refractivity contribution < 1.29 is 19.1 Å². The lowest BCUT2D eigenvalue weighted by Crippen LogP contribution is -2.51. The maximum absolute atomic E-state index is 13.7. The summed E-state index contributed by atoms with van der Waals surface area (Å²) >= 11 is 0. The molecule has 0 N–H and O–H groups in total. The molecule has 2 heterocycles. The van der Waals surface area contributed by atoms with E-state index < -0.39 is 17.9 Å². The average molecular weight is 437 g/mol. The predicted octanol–water partition coefficient (Wildman–Crippen LogP) is 2.86. The number of ether oxygens (including phenoxy) is 2. The Balaban J connectivity index is 1.94. The highest BCUT2D eigenvalue weighted by atomic mass is 16.5. The van der Waals surface area contributed by atoms with Crippen LogP contribution >= 0.6 is 0 Å². The van der Waals surface area contributed by atoms with Crippen molar-refractivity contribution in [3.8, 4) is 0 Å². The zero-order valence-electron chi connectivity index (χ0n) is 18.8. The lowest BCUT2D eigenvalue weighted by atomic mass is 9.89. The monoisotopic (exact) mass is 436 g/mol. The number of methoxy groups -OCH3 is 1. The third-order valence-electron chi connectivity index (χ3n) is 5.76. The van der Waals surface area contributed by atoms with Crippen molar-refractivity contribution in [3.63, 3.8) is 0 Å². The third kappa shape index (κ3) is 3.71. The van der Waals surface area contributed by atoms with E-state index in [1.807, 2.05) is 72.1 Å². The molecule has 2 atom stereocenters. The molecule has 3 aromatic rings. The highest BCUT2D eigenvalue weighted by molar-refractivity contribution is 6.08. The molecular weight excluding hydrogens is 408 g/mol. The van der Waals surface area contributed by atoms with Gasteiger partial charge in [0.1, 0.15) is 0 Å². The second kappa shape index (κ2) is 9.00. The first-order chi connectivity index (χ1) is 15.5. The number of imidazole rings is 1. The zero-order valence-corrected chi connectivity index (χ0v) is 18.8. The minimum Gasteiger partial charge on any atom is -0.465 e. The maximum atomic E-state index is 13.7. The Hall–Kier alpha value is -3.39. The number of benzene rings is 2. The number of aromatic nitrogens is 2. The van der Waals surface area contributed by atoms with Crippen molar-refractivity contribution in [2.75, 3.05) is 50.8 Å². The Morgan fingerprint density at radius 2 is 1.84 bits per heavy atom. The van der Waals surface area contributed by atoms with Crippen LogP contribution in [0.3, 0.4) is 0 Å². The van der Waals surface area contributed by atoms with E-state index in [0.29, 0.717) is 19.1 Å². The first kappa shape index (κ1) is 21.8. The third-order valence-corrected chi connectivity index (χ3v) is 5.76. The number of para-hydroxylation sites is 2. The molecule has 1 aliphatic heterocycles. The second-order valence-electron chi connectivity index (χ2n) is 7.91. The van der Waals surface area contributed by atoms with Gasteiger partial charge in [-0.2, -0.15) is 0 Å².